The molecule has 16 heavy (non-hydrogen) atoms. The number of anilines is 1. The van der Waals surface area contributed by atoms with Crippen molar-refractivity contribution in [2.24, 2.45) is 0 Å². The van der Waals surface area contributed by atoms with Crippen LogP contribution in [0.15, 0.2) is 24.3 Å². The third-order valence-corrected chi connectivity index (χ3v) is 2.10. The van der Waals surface area contributed by atoms with Crippen molar-refractivity contribution < 1.29 is 22.0 Å². The van der Waals surface area contributed by atoms with Crippen LogP contribution in [0.3, 0.4) is 0 Å². The molecule has 0 atom stereocenters. The highest BCUT2D eigenvalue weighted by Gasteiger charge is 2.58. The van der Waals surface area contributed by atoms with Gasteiger partial charge in [0.1, 0.15) is 0 Å². The molecule has 0 aliphatic carbocycles. The van der Waals surface area contributed by atoms with E-state index in [1.807, 2.05) is 0 Å². The standard InChI is InChI=1S/C10H10F5N/c1-16(2)8-5-3-7(4-6-8)9(11,12)10(13,14)15/h3-6H,1-2H3. The van der Waals surface area contributed by atoms with E-state index < -0.39 is 17.7 Å². The van der Waals surface area contributed by atoms with Crippen molar-refractivity contribution in [1.29, 1.82) is 0 Å². The third-order valence-electron chi connectivity index (χ3n) is 2.10. The van der Waals surface area contributed by atoms with Crippen molar-refractivity contribution in [3.63, 3.8) is 0 Å². The largest absolute Gasteiger partial charge is 0.458 e. The second kappa shape index (κ2) is 3.92. The first-order valence-corrected chi connectivity index (χ1v) is 4.38. The fourth-order valence-corrected chi connectivity index (χ4v) is 1.13. The Bertz CT molecular complexity index is 352. The van der Waals surface area contributed by atoms with E-state index in [1.54, 1.807) is 19.0 Å². The number of hydrogen-bond donors (Lipinski definition) is 0. The molecule has 0 N–H and O–H groups in total. The summed E-state index contributed by atoms with van der Waals surface area (Å²) in [7, 11) is 3.33. The van der Waals surface area contributed by atoms with Gasteiger partial charge in [-0.15, -0.1) is 0 Å². The summed E-state index contributed by atoms with van der Waals surface area (Å²) >= 11 is 0. The zero-order chi connectivity index (χ0) is 12.6. The molecule has 6 heteroatoms. The van der Waals surface area contributed by atoms with Crippen molar-refractivity contribution in [2.45, 2.75) is 12.1 Å². The second-order valence-electron chi connectivity index (χ2n) is 3.51. The molecule has 0 bridgehead atoms. The van der Waals surface area contributed by atoms with Gasteiger partial charge in [0, 0.05) is 25.3 Å². The van der Waals surface area contributed by atoms with Crippen LogP contribution in [0.5, 0.6) is 0 Å². The summed E-state index contributed by atoms with van der Waals surface area (Å²) in [6.45, 7) is 0. The van der Waals surface area contributed by atoms with Gasteiger partial charge >= 0.3 is 12.1 Å². The van der Waals surface area contributed by atoms with Crippen molar-refractivity contribution >= 4 is 5.69 Å². The molecular formula is C10H10F5N. The Kier molecular flexibility index (Phi) is 3.12. The van der Waals surface area contributed by atoms with Gasteiger partial charge in [0.2, 0.25) is 0 Å². The van der Waals surface area contributed by atoms with Crippen LogP contribution in [0, 0.1) is 0 Å². The first kappa shape index (κ1) is 12.7. The Morgan fingerprint density at radius 1 is 0.875 bits per heavy atom. The fraction of sp³-hybridized carbons (Fsp3) is 0.400. The SMILES string of the molecule is CN(C)c1ccc(C(F)(F)C(F)(F)F)cc1. The van der Waals surface area contributed by atoms with Crippen molar-refractivity contribution in [2.75, 3.05) is 19.0 Å². The molecule has 0 saturated heterocycles. The van der Waals surface area contributed by atoms with Gasteiger partial charge in [-0.2, -0.15) is 22.0 Å². The molecule has 1 aromatic rings. The molecule has 1 nitrogen and oxygen atoms in total. The third kappa shape index (κ3) is 2.25. The number of hydrogen-bond acceptors (Lipinski definition) is 1. The van der Waals surface area contributed by atoms with E-state index in [0.717, 1.165) is 12.1 Å². The number of rotatable bonds is 2. The lowest BCUT2D eigenvalue weighted by atomic mass is 10.1. The van der Waals surface area contributed by atoms with Gasteiger partial charge < -0.3 is 4.90 Å². The molecule has 0 amide bonds. The van der Waals surface area contributed by atoms with Gasteiger partial charge in [-0.25, -0.2) is 0 Å². The molecule has 0 radical (unpaired) electrons. The van der Waals surface area contributed by atoms with Crippen LogP contribution in [-0.4, -0.2) is 20.3 Å². The van der Waals surface area contributed by atoms with Crippen molar-refractivity contribution in [1.82, 2.24) is 0 Å². The minimum Gasteiger partial charge on any atom is -0.378 e. The van der Waals surface area contributed by atoms with E-state index in [1.165, 1.54) is 12.1 Å². The molecule has 90 valence electrons. The average Bonchev–Trinajstić information content (AvgIpc) is 2.16. The second-order valence-corrected chi connectivity index (χ2v) is 3.51. The van der Waals surface area contributed by atoms with Gasteiger partial charge in [0.25, 0.3) is 0 Å². The Labute approximate surface area is 89.5 Å². The lowest BCUT2D eigenvalue weighted by Gasteiger charge is -2.20. The van der Waals surface area contributed by atoms with E-state index >= 15 is 0 Å². The van der Waals surface area contributed by atoms with Crippen LogP contribution in [0.1, 0.15) is 5.56 Å². The molecule has 0 unspecified atom stereocenters. The Morgan fingerprint density at radius 3 is 1.62 bits per heavy atom. The predicted molar refractivity (Wildman–Crippen MR) is 50.7 cm³/mol. The van der Waals surface area contributed by atoms with Gasteiger partial charge in [0.05, 0.1) is 0 Å². The van der Waals surface area contributed by atoms with E-state index in [2.05, 4.69) is 0 Å². The lowest BCUT2D eigenvalue weighted by molar-refractivity contribution is -0.289. The number of nitrogens with zero attached hydrogens (tertiary/aromatic N) is 1. The minimum atomic E-state index is -5.56. The topological polar surface area (TPSA) is 3.24 Å². The minimum absolute atomic E-state index is 0.557. The maximum absolute atomic E-state index is 12.9. The van der Waals surface area contributed by atoms with Crippen molar-refractivity contribution in [3.05, 3.63) is 29.8 Å². The molecule has 0 spiro atoms. The van der Waals surface area contributed by atoms with Crippen LogP contribution in [0.4, 0.5) is 27.6 Å². The monoisotopic (exact) mass is 239 g/mol. The molecule has 0 saturated carbocycles. The fourth-order valence-electron chi connectivity index (χ4n) is 1.13. The van der Waals surface area contributed by atoms with Gasteiger partial charge in [-0.05, 0) is 12.1 Å². The summed E-state index contributed by atoms with van der Waals surface area (Å²) in [5.41, 5.74) is -0.493. The highest BCUT2D eigenvalue weighted by atomic mass is 19.4. The smallest absolute Gasteiger partial charge is 0.378 e. The van der Waals surface area contributed by atoms with Crippen LogP contribution < -0.4 is 4.90 Å². The van der Waals surface area contributed by atoms with E-state index in [4.69, 9.17) is 0 Å². The molecular weight excluding hydrogens is 229 g/mol. The van der Waals surface area contributed by atoms with Gasteiger partial charge in [-0.3, -0.25) is 0 Å². The zero-order valence-corrected chi connectivity index (χ0v) is 8.65. The molecule has 0 aliphatic rings. The van der Waals surface area contributed by atoms with Crippen LogP contribution >= 0.6 is 0 Å². The number of benzene rings is 1. The summed E-state index contributed by atoms with van der Waals surface area (Å²) in [5.74, 6) is -4.81. The normalized spacial score (nSPS) is 12.7. The van der Waals surface area contributed by atoms with Crippen LogP contribution in [-0.2, 0) is 5.92 Å². The highest BCUT2D eigenvalue weighted by molar-refractivity contribution is 5.46. The molecule has 1 rings (SSSR count). The summed E-state index contributed by atoms with van der Waals surface area (Å²) in [4.78, 5) is 1.61. The van der Waals surface area contributed by atoms with Crippen LogP contribution in [0.25, 0.3) is 0 Å². The zero-order valence-electron chi connectivity index (χ0n) is 8.65. The lowest BCUT2D eigenvalue weighted by Crippen LogP contribution is -2.33. The summed E-state index contributed by atoms with van der Waals surface area (Å²) < 4.78 is 61.8. The summed E-state index contributed by atoms with van der Waals surface area (Å²) in [5, 5.41) is 0. The number of alkyl halides is 5. The average molecular weight is 239 g/mol. The van der Waals surface area contributed by atoms with E-state index in [0.29, 0.717) is 5.69 Å². The van der Waals surface area contributed by atoms with Gasteiger partial charge in [-0.1, -0.05) is 12.1 Å². The molecule has 0 aromatic heterocycles. The van der Waals surface area contributed by atoms with Crippen molar-refractivity contribution in [3.8, 4) is 0 Å². The molecule has 0 aliphatic heterocycles. The number of halogens is 5. The predicted octanol–water partition coefficient (Wildman–Crippen LogP) is 3.41. The van der Waals surface area contributed by atoms with E-state index in [9.17, 15) is 22.0 Å². The quantitative estimate of drug-likeness (QED) is 0.715. The Morgan fingerprint density at radius 2 is 1.31 bits per heavy atom. The molecule has 0 fully saturated rings. The Balaban J connectivity index is 3.07. The summed E-state index contributed by atoms with van der Waals surface area (Å²) in [6, 6.07) is 4.00. The Hall–Kier alpha value is -1.33. The first-order chi connectivity index (χ1) is 7.16. The van der Waals surface area contributed by atoms with E-state index in [-0.39, 0.29) is 0 Å². The highest BCUT2D eigenvalue weighted by Crippen LogP contribution is 2.43. The van der Waals surface area contributed by atoms with Gasteiger partial charge in [0.15, 0.2) is 0 Å². The summed E-state index contributed by atoms with van der Waals surface area (Å²) in [6.07, 6.45) is -5.56. The maximum atomic E-state index is 12.9. The maximum Gasteiger partial charge on any atom is 0.458 e. The molecule has 1 aromatic carbocycles. The van der Waals surface area contributed by atoms with Crippen LogP contribution in [0.2, 0.25) is 0 Å². The molecule has 0 heterocycles. The first-order valence-electron chi connectivity index (χ1n) is 4.38.